The van der Waals surface area contributed by atoms with Gasteiger partial charge in [-0.2, -0.15) is 0 Å². The fourth-order valence-corrected chi connectivity index (χ4v) is 3.14. The Bertz CT molecular complexity index is 268. The number of nitrogens with two attached hydrogens (primary N) is 1. The van der Waals surface area contributed by atoms with Crippen molar-refractivity contribution >= 4 is 5.91 Å². The van der Waals surface area contributed by atoms with E-state index in [4.69, 9.17) is 5.73 Å². The molecule has 0 saturated heterocycles. The van der Waals surface area contributed by atoms with E-state index in [9.17, 15) is 4.79 Å². The average molecular weight is 269 g/mol. The standard InChI is InChI=1S/C15H31N3O/c1-11(2)13-5-4-12(3)10-14(13)15(19)18-9-8-17-7-6-16/h11-14,17H,4-10,16H2,1-3H3,(H,18,19)/t12-,13+,14-/m1/s1. The molecule has 1 saturated carbocycles. The maximum atomic E-state index is 12.3. The summed E-state index contributed by atoms with van der Waals surface area (Å²) in [5.41, 5.74) is 5.40. The van der Waals surface area contributed by atoms with Crippen LogP contribution in [0.3, 0.4) is 0 Å². The predicted molar refractivity (Wildman–Crippen MR) is 79.8 cm³/mol. The molecule has 112 valence electrons. The Kier molecular flexibility index (Phi) is 7.39. The van der Waals surface area contributed by atoms with Gasteiger partial charge in [-0.1, -0.05) is 27.2 Å². The summed E-state index contributed by atoms with van der Waals surface area (Å²) in [5.74, 6) is 2.28. The van der Waals surface area contributed by atoms with Gasteiger partial charge < -0.3 is 16.4 Å². The van der Waals surface area contributed by atoms with Crippen molar-refractivity contribution in [1.82, 2.24) is 10.6 Å². The van der Waals surface area contributed by atoms with Gasteiger partial charge in [0, 0.05) is 32.1 Å². The molecule has 4 heteroatoms. The summed E-state index contributed by atoms with van der Waals surface area (Å²) in [7, 11) is 0. The monoisotopic (exact) mass is 269 g/mol. The van der Waals surface area contributed by atoms with Crippen LogP contribution in [0, 0.1) is 23.7 Å². The molecule has 0 aromatic heterocycles. The molecule has 1 amide bonds. The Labute approximate surface area is 117 Å². The Balaban J connectivity index is 2.38. The molecule has 0 unspecified atom stereocenters. The first-order chi connectivity index (χ1) is 9.06. The fourth-order valence-electron chi connectivity index (χ4n) is 3.14. The second kappa shape index (κ2) is 8.54. The Morgan fingerprint density at radius 2 is 2.00 bits per heavy atom. The molecule has 3 atom stereocenters. The van der Waals surface area contributed by atoms with Gasteiger partial charge in [0.05, 0.1) is 0 Å². The SMILES string of the molecule is CC(C)[C@@H]1CC[C@@H](C)C[C@H]1C(=O)NCCNCCN. The lowest BCUT2D eigenvalue weighted by molar-refractivity contribution is -0.129. The topological polar surface area (TPSA) is 67.2 Å². The van der Waals surface area contributed by atoms with Crippen LogP contribution in [0.15, 0.2) is 0 Å². The number of hydrogen-bond acceptors (Lipinski definition) is 3. The van der Waals surface area contributed by atoms with E-state index in [0.29, 0.717) is 30.8 Å². The van der Waals surface area contributed by atoms with Crippen LogP contribution >= 0.6 is 0 Å². The number of carbonyl (C=O) groups is 1. The highest BCUT2D eigenvalue weighted by molar-refractivity contribution is 5.79. The highest BCUT2D eigenvalue weighted by atomic mass is 16.1. The first-order valence-electron chi connectivity index (χ1n) is 7.74. The Morgan fingerprint density at radius 3 is 2.63 bits per heavy atom. The van der Waals surface area contributed by atoms with Gasteiger partial charge in [0.25, 0.3) is 0 Å². The second-order valence-corrected chi connectivity index (χ2v) is 6.26. The zero-order valence-electron chi connectivity index (χ0n) is 12.7. The molecule has 1 aliphatic carbocycles. The Morgan fingerprint density at radius 1 is 1.26 bits per heavy atom. The molecule has 0 aromatic carbocycles. The van der Waals surface area contributed by atoms with E-state index >= 15 is 0 Å². The number of carbonyl (C=O) groups excluding carboxylic acids is 1. The molecule has 0 aromatic rings. The van der Waals surface area contributed by atoms with Gasteiger partial charge in [-0.25, -0.2) is 0 Å². The van der Waals surface area contributed by atoms with Crippen molar-refractivity contribution in [3.63, 3.8) is 0 Å². The molecule has 19 heavy (non-hydrogen) atoms. The lowest BCUT2D eigenvalue weighted by Gasteiger charge is -2.36. The van der Waals surface area contributed by atoms with Crippen molar-refractivity contribution in [1.29, 1.82) is 0 Å². The molecule has 0 heterocycles. The maximum Gasteiger partial charge on any atom is 0.223 e. The van der Waals surface area contributed by atoms with Crippen LogP contribution in [0.5, 0.6) is 0 Å². The van der Waals surface area contributed by atoms with Crippen LogP contribution in [0.1, 0.15) is 40.0 Å². The largest absolute Gasteiger partial charge is 0.355 e. The van der Waals surface area contributed by atoms with Crippen LogP contribution in [0.4, 0.5) is 0 Å². The summed E-state index contributed by atoms with van der Waals surface area (Å²) >= 11 is 0. The summed E-state index contributed by atoms with van der Waals surface area (Å²) < 4.78 is 0. The van der Waals surface area contributed by atoms with Gasteiger partial charge in [0.1, 0.15) is 0 Å². The predicted octanol–water partition coefficient (Wildman–Crippen LogP) is 1.36. The summed E-state index contributed by atoms with van der Waals surface area (Å²) in [4.78, 5) is 12.3. The summed E-state index contributed by atoms with van der Waals surface area (Å²) in [6.07, 6.45) is 3.51. The van der Waals surface area contributed by atoms with Gasteiger partial charge in [0.2, 0.25) is 5.91 Å². The molecule has 1 aliphatic rings. The van der Waals surface area contributed by atoms with Gasteiger partial charge in [-0.3, -0.25) is 4.79 Å². The van der Waals surface area contributed by atoms with Gasteiger partial charge in [-0.15, -0.1) is 0 Å². The van der Waals surface area contributed by atoms with Crippen molar-refractivity contribution < 1.29 is 4.79 Å². The van der Waals surface area contributed by atoms with Gasteiger partial charge in [0.15, 0.2) is 0 Å². The van der Waals surface area contributed by atoms with Crippen LogP contribution in [0.2, 0.25) is 0 Å². The molecular formula is C15H31N3O. The second-order valence-electron chi connectivity index (χ2n) is 6.26. The third-order valence-corrected chi connectivity index (χ3v) is 4.28. The summed E-state index contributed by atoms with van der Waals surface area (Å²) in [6, 6.07) is 0. The van der Waals surface area contributed by atoms with Crippen molar-refractivity contribution in [3.05, 3.63) is 0 Å². The van der Waals surface area contributed by atoms with Crippen molar-refractivity contribution in [2.75, 3.05) is 26.2 Å². The third-order valence-electron chi connectivity index (χ3n) is 4.28. The first-order valence-corrected chi connectivity index (χ1v) is 7.74. The van der Waals surface area contributed by atoms with E-state index in [2.05, 4.69) is 31.4 Å². The number of rotatable bonds is 7. The van der Waals surface area contributed by atoms with Crippen molar-refractivity contribution in [3.8, 4) is 0 Å². The molecule has 0 aliphatic heterocycles. The van der Waals surface area contributed by atoms with Crippen molar-refractivity contribution in [2.24, 2.45) is 29.4 Å². The van der Waals surface area contributed by atoms with Crippen molar-refractivity contribution in [2.45, 2.75) is 40.0 Å². The summed E-state index contributed by atoms with van der Waals surface area (Å²) in [6.45, 7) is 9.70. The number of amides is 1. The normalized spacial score (nSPS) is 27.5. The lowest BCUT2D eigenvalue weighted by atomic mass is 9.70. The highest BCUT2D eigenvalue weighted by Crippen LogP contribution is 2.37. The molecule has 0 spiro atoms. The number of nitrogens with one attached hydrogen (secondary N) is 2. The molecular weight excluding hydrogens is 238 g/mol. The van der Waals surface area contributed by atoms with E-state index in [1.54, 1.807) is 0 Å². The van der Waals surface area contributed by atoms with E-state index in [-0.39, 0.29) is 11.8 Å². The minimum Gasteiger partial charge on any atom is -0.355 e. The zero-order valence-corrected chi connectivity index (χ0v) is 12.7. The van der Waals surface area contributed by atoms with Gasteiger partial charge >= 0.3 is 0 Å². The lowest BCUT2D eigenvalue weighted by Crippen LogP contribution is -2.42. The minimum absolute atomic E-state index is 0.207. The average Bonchev–Trinajstić information content (AvgIpc) is 2.37. The maximum absolute atomic E-state index is 12.3. The molecule has 0 bridgehead atoms. The zero-order chi connectivity index (χ0) is 14.3. The summed E-state index contributed by atoms with van der Waals surface area (Å²) in [5, 5.41) is 6.27. The van der Waals surface area contributed by atoms with E-state index < -0.39 is 0 Å². The van der Waals surface area contributed by atoms with Crippen LogP contribution < -0.4 is 16.4 Å². The molecule has 0 radical (unpaired) electrons. The van der Waals surface area contributed by atoms with E-state index in [0.717, 1.165) is 19.5 Å². The molecule has 4 nitrogen and oxygen atoms in total. The van der Waals surface area contributed by atoms with Crippen LogP contribution in [0.25, 0.3) is 0 Å². The van der Waals surface area contributed by atoms with Gasteiger partial charge in [-0.05, 0) is 30.6 Å². The minimum atomic E-state index is 0.207. The van der Waals surface area contributed by atoms with Crippen LogP contribution in [-0.4, -0.2) is 32.1 Å². The first kappa shape index (κ1) is 16.4. The molecule has 1 fully saturated rings. The Hall–Kier alpha value is -0.610. The molecule has 1 rings (SSSR count). The van der Waals surface area contributed by atoms with Crippen LogP contribution in [-0.2, 0) is 4.79 Å². The smallest absolute Gasteiger partial charge is 0.223 e. The van der Waals surface area contributed by atoms with E-state index in [1.165, 1.54) is 12.8 Å². The quantitative estimate of drug-likeness (QED) is 0.611. The molecule has 4 N–H and O–H groups in total. The van der Waals surface area contributed by atoms with E-state index in [1.807, 2.05) is 0 Å². The third kappa shape index (κ3) is 5.49. The highest BCUT2D eigenvalue weighted by Gasteiger charge is 2.34. The number of hydrogen-bond donors (Lipinski definition) is 3. The fraction of sp³-hybridized carbons (Fsp3) is 0.933.